The van der Waals surface area contributed by atoms with Crippen LogP contribution in [0.25, 0.3) is 0 Å². The molecule has 1 aromatic rings. The minimum Gasteiger partial charge on any atom is -0.322 e. The maximum atomic E-state index is 11.2. The molecule has 35 heavy (non-hydrogen) atoms. The molecule has 1 rings (SSSR count). The first kappa shape index (κ1) is 31.2. The molecule has 0 aliphatic carbocycles. The predicted octanol–water partition coefficient (Wildman–Crippen LogP) is 6.63. The molecule has 1 unspecified atom stereocenters. The number of benzene rings is 1. The average Bonchev–Trinajstić information content (AvgIpc) is 2.79. The molecule has 0 fully saturated rings. The molecule has 1 aromatic carbocycles. The van der Waals surface area contributed by atoms with Gasteiger partial charge in [-0.2, -0.15) is 17.0 Å². The highest BCUT2D eigenvalue weighted by Gasteiger charge is 2.26. The van der Waals surface area contributed by atoms with E-state index in [1.165, 1.54) is 12.1 Å². The van der Waals surface area contributed by atoms with Crippen molar-refractivity contribution in [1.82, 2.24) is 4.67 Å². The maximum absolute atomic E-state index is 11.2. The molecular weight excluding hydrogens is 491 g/mol. The number of rotatable bonds is 19. The first-order chi connectivity index (χ1) is 16.7. The number of aryl methyl sites for hydroxylation is 1. The number of nitro groups is 2. The molecule has 0 aliphatic rings. The third-order valence-corrected chi connectivity index (χ3v) is 8.22. The molecule has 1 atom stereocenters. The number of nitro benzene ring substituents is 2. The summed E-state index contributed by atoms with van der Waals surface area (Å²) >= 11 is 1.73. The number of nitriles is 1. The first-order valence-electron chi connectivity index (χ1n) is 11.9. The van der Waals surface area contributed by atoms with Crippen molar-refractivity contribution in [2.75, 3.05) is 24.7 Å². The third-order valence-electron chi connectivity index (χ3n) is 5.04. The summed E-state index contributed by atoms with van der Waals surface area (Å²) in [5, 5.41) is 30.8. The summed E-state index contributed by atoms with van der Waals surface area (Å²) in [7, 11) is -1.19. The normalized spacial score (nSPS) is 12.3. The Morgan fingerprint density at radius 3 is 2.26 bits per heavy atom. The van der Waals surface area contributed by atoms with Crippen LogP contribution in [0.5, 0.6) is 0 Å². The van der Waals surface area contributed by atoms with E-state index in [1.807, 2.05) is 0 Å². The molecule has 12 heteroatoms. The van der Waals surface area contributed by atoms with Crippen LogP contribution in [-0.2, 0) is 15.5 Å². The molecule has 0 aliphatic heterocycles. The number of nitrogens with zero attached hydrogens (tertiary/aromatic N) is 4. The highest BCUT2D eigenvalue weighted by Crippen LogP contribution is 2.46. The summed E-state index contributed by atoms with van der Waals surface area (Å²) in [5.41, 5.74) is 0.0694. The van der Waals surface area contributed by atoms with Crippen molar-refractivity contribution in [2.24, 2.45) is 0 Å². The van der Waals surface area contributed by atoms with Gasteiger partial charge in [-0.15, -0.1) is 0 Å². The molecule has 0 N–H and O–H groups in total. The van der Waals surface area contributed by atoms with Crippen molar-refractivity contribution in [3.05, 3.63) is 44.0 Å². The minimum atomic E-state index is -1.19. The predicted molar refractivity (Wildman–Crippen MR) is 140 cm³/mol. The standard InChI is InChI=1S/C23H37N4O6PS/c1-19(2)25(20(3)4)34(33-15-9-13-24)32-14-7-5-6-8-16-35-17-12-21-10-11-22(26(28)29)18-23(21)27(30)31/h10-11,18-20H,5-9,12,14-17H2,1-4H3. The molecule has 10 nitrogen and oxygen atoms in total. The van der Waals surface area contributed by atoms with Gasteiger partial charge in [-0.25, -0.2) is 4.67 Å². The number of hydrogen-bond acceptors (Lipinski definition) is 9. The van der Waals surface area contributed by atoms with Gasteiger partial charge in [0.15, 0.2) is 0 Å². The van der Waals surface area contributed by atoms with E-state index in [1.54, 1.807) is 11.8 Å². The van der Waals surface area contributed by atoms with E-state index in [0.717, 1.165) is 43.3 Å². The summed E-state index contributed by atoms with van der Waals surface area (Å²) in [6, 6.07) is 6.50. The van der Waals surface area contributed by atoms with Gasteiger partial charge in [0.25, 0.3) is 19.9 Å². The lowest BCUT2D eigenvalue weighted by molar-refractivity contribution is -0.394. The molecule has 0 bridgehead atoms. The van der Waals surface area contributed by atoms with E-state index in [0.29, 0.717) is 31.6 Å². The van der Waals surface area contributed by atoms with Crippen molar-refractivity contribution in [3.63, 3.8) is 0 Å². The van der Waals surface area contributed by atoms with E-state index in [-0.39, 0.29) is 23.5 Å². The minimum absolute atomic E-state index is 0.190. The average molecular weight is 529 g/mol. The molecule has 0 amide bonds. The van der Waals surface area contributed by atoms with Crippen molar-refractivity contribution < 1.29 is 18.9 Å². The van der Waals surface area contributed by atoms with Crippen LogP contribution < -0.4 is 0 Å². The SMILES string of the molecule is CC(C)N(C(C)C)P(OCCC#N)OCCCCCCSCCc1ccc([N+](=O)[O-])cc1[N+](=O)[O-]. The second kappa shape index (κ2) is 17.6. The third kappa shape index (κ3) is 12.1. The van der Waals surface area contributed by atoms with Gasteiger partial charge in [0.2, 0.25) is 0 Å². The topological polar surface area (TPSA) is 132 Å². The number of hydrogen-bond donors (Lipinski definition) is 0. The van der Waals surface area contributed by atoms with Crippen molar-refractivity contribution in [1.29, 1.82) is 5.26 Å². The Morgan fingerprint density at radius 1 is 1.00 bits per heavy atom. The number of non-ortho nitro benzene ring substituents is 1. The van der Waals surface area contributed by atoms with Crippen LogP contribution >= 0.6 is 20.3 Å². The highest BCUT2D eigenvalue weighted by molar-refractivity contribution is 7.99. The lowest BCUT2D eigenvalue weighted by Gasteiger charge is -2.35. The quantitative estimate of drug-likeness (QED) is 0.0839. The van der Waals surface area contributed by atoms with Crippen LogP contribution in [0, 0.1) is 31.6 Å². The largest absolute Gasteiger partial charge is 0.322 e. The lowest BCUT2D eigenvalue weighted by Crippen LogP contribution is -2.33. The zero-order valence-electron chi connectivity index (χ0n) is 21.1. The zero-order valence-corrected chi connectivity index (χ0v) is 22.8. The fraction of sp³-hybridized carbons (Fsp3) is 0.696. The monoisotopic (exact) mass is 528 g/mol. The van der Waals surface area contributed by atoms with Gasteiger partial charge < -0.3 is 9.05 Å². The molecule has 0 saturated heterocycles. The Hall–Kier alpha value is -1.83. The van der Waals surface area contributed by atoms with Crippen LogP contribution in [0.1, 0.15) is 65.4 Å². The summed E-state index contributed by atoms with van der Waals surface area (Å²) in [6.45, 7) is 9.45. The Labute approximate surface area is 213 Å². The van der Waals surface area contributed by atoms with E-state index in [9.17, 15) is 20.2 Å². The summed E-state index contributed by atoms with van der Waals surface area (Å²) < 4.78 is 14.2. The lowest BCUT2D eigenvalue weighted by atomic mass is 10.1. The zero-order chi connectivity index (χ0) is 26.2. The first-order valence-corrected chi connectivity index (χ1v) is 14.2. The van der Waals surface area contributed by atoms with Gasteiger partial charge in [-0.05, 0) is 64.5 Å². The van der Waals surface area contributed by atoms with Crippen molar-refractivity contribution in [3.8, 4) is 6.07 Å². The van der Waals surface area contributed by atoms with Gasteiger partial charge in [0, 0.05) is 23.7 Å². The Morgan fingerprint density at radius 2 is 1.66 bits per heavy atom. The molecule has 0 saturated carbocycles. The van der Waals surface area contributed by atoms with Crippen LogP contribution in [0.15, 0.2) is 18.2 Å². The van der Waals surface area contributed by atoms with Gasteiger partial charge in [0.05, 0.1) is 41.6 Å². The second-order valence-corrected chi connectivity index (χ2v) is 11.2. The Balaban J connectivity index is 2.29. The molecule has 196 valence electrons. The van der Waals surface area contributed by atoms with E-state index in [2.05, 4.69) is 38.4 Å². The second-order valence-electron chi connectivity index (χ2n) is 8.48. The summed E-state index contributed by atoms with van der Waals surface area (Å²) in [6.07, 6.45) is 4.94. The number of thioether (sulfide) groups is 1. The van der Waals surface area contributed by atoms with Crippen molar-refractivity contribution >= 4 is 31.7 Å². The van der Waals surface area contributed by atoms with Gasteiger partial charge in [-0.1, -0.05) is 12.8 Å². The molecule has 0 aromatic heterocycles. The van der Waals surface area contributed by atoms with Gasteiger partial charge >= 0.3 is 0 Å². The smallest absolute Gasteiger partial charge is 0.279 e. The van der Waals surface area contributed by atoms with Crippen LogP contribution in [0.4, 0.5) is 11.4 Å². The van der Waals surface area contributed by atoms with E-state index < -0.39 is 18.4 Å². The summed E-state index contributed by atoms with van der Waals surface area (Å²) in [4.78, 5) is 20.9. The van der Waals surface area contributed by atoms with Crippen molar-refractivity contribution in [2.45, 2.75) is 78.3 Å². The Bertz CT molecular complexity index is 829. The van der Waals surface area contributed by atoms with Gasteiger partial charge in [0.1, 0.15) is 0 Å². The van der Waals surface area contributed by atoms with Gasteiger partial charge in [-0.3, -0.25) is 20.2 Å². The van der Waals surface area contributed by atoms with Crippen LogP contribution in [0.2, 0.25) is 0 Å². The highest BCUT2D eigenvalue weighted by atomic mass is 32.2. The maximum Gasteiger partial charge on any atom is 0.279 e. The summed E-state index contributed by atoms with van der Waals surface area (Å²) in [5.74, 6) is 1.69. The van der Waals surface area contributed by atoms with E-state index >= 15 is 0 Å². The molecule has 0 radical (unpaired) electrons. The fourth-order valence-electron chi connectivity index (χ4n) is 3.45. The fourth-order valence-corrected chi connectivity index (χ4v) is 6.05. The van der Waals surface area contributed by atoms with Crippen LogP contribution in [-0.4, -0.2) is 51.3 Å². The Kier molecular flexibility index (Phi) is 15.7. The molecule has 0 heterocycles. The van der Waals surface area contributed by atoms with E-state index in [4.69, 9.17) is 14.3 Å². The molecular formula is C23H37N4O6PS. The van der Waals surface area contributed by atoms with Crippen LogP contribution in [0.3, 0.4) is 0 Å². The molecule has 0 spiro atoms. The number of unbranched alkanes of at least 4 members (excludes halogenated alkanes) is 3.